The van der Waals surface area contributed by atoms with Gasteiger partial charge in [-0.15, -0.1) is 0 Å². The summed E-state index contributed by atoms with van der Waals surface area (Å²) >= 11 is 0. The Morgan fingerprint density at radius 3 is 3.00 bits per heavy atom. The highest BCUT2D eigenvalue weighted by Crippen LogP contribution is 2.23. The van der Waals surface area contributed by atoms with Crippen molar-refractivity contribution in [1.29, 1.82) is 0 Å². The molecule has 0 radical (unpaired) electrons. The van der Waals surface area contributed by atoms with E-state index in [-0.39, 0.29) is 17.7 Å². The lowest BCUT2D eigenvalue weighted by Gasteiger charge is -2.18. The summed E-state index contributed by atoms with van der Waals surface area (Å²) in [7, 11) is 0. The number of carbonyl (C=O) groups excluding carboxylic acids is 2. The molecular formula is C13H18N4O2. The number of pyridine rings is 1. The minimum atomic E-state index is -0.263. The molecule has 0 aromatic carbocycles. The van der Waals surface area contributed by atoms with Crippen LogP contribution in [0.15, 0.2) is 18.3 Å². The summed E-state index contributed by atoms with van der Waals surface area (Å²) in [6.07, 6.45) is 2.37. The Kier molecular flexibility index (Phi) is 3.99. The zero-order valence-electron chi connectivity index (χ0n) is 10.9. The molecule has 1 aromatic rings. The summed E-state index contributed by atoms with van der Waals surface area (Å²) in [5.74, 6) is -0.559. The summed E-state index contributed by atoms with van der Waals surface area (Å²) in [6.45, 7) is 3.80. The number of hydrogen-bond donors (Lipinski definition) is 2. The number of amides is 2. The van der Waals surface area contributed by atoms with Gasteiger partial charge in [0.2, 0.25) is 5.91 Å². The molecule has 2 rings (SSSR count). The number of aromatic nitrogens is 1. The second kappa shape index (κ2) is 5.69. The molecule has 0 bridgehead atoms. The Morgan fingerprint density at radius 2 is 2.37 bits per heavy atom. The number of nitrogens with one attached hydrogen (secondary N) is 1. The number of anilines is 1. The number of carbonyl (C=O) groups is 2. The van der Waals surface area contributed by atoms with Crippen molar-refractivity contribution in [1.82, 2.24) is 10.3 Å². The smallest absolute Gasteiger partial charge is 0.269 e. The fourth-order valence-corrected chi connectivity index (χ4v) is 2.22. The molecule has 2 heterocycles. The van der Waals surface area contributed by atoms with Gasteiger partial charge in [0.1, 0.15) is 5.69 Å². The van der Waals surface area contributed by atoms with Crippen molar-refractivity contribution in [2.75, 3.05) is 24.5 Å². The Balaban J connectivity index is 2.11. The van der Waals surface area contributed by atoms with Crippen molar-refractivity contribution in [2.45, 2.75) is 13.3 Å². The Morgan fingerprint density at radius 1 is 1.58 bits per heavy atom. The van der Waals surface area contributed by atoms with E-state index >= 15 is 0 Å². The van der Waals surface area contributed by atoms with Crippen molar-refractivity contribution in [3.63, 3.8) is 0 Å². The Bertz CT molecular complexity index is 489. The largest absolute Gasteiger partial charge is 0.371 e. The maximum Gasteiger partial charge on any atom is 0.269 e. The Labute approximate surface area is 112 Å². The van der Waals surface area contributed by atoms with Gasteiger partial charge in [0.05, 0.1) is 5.92 Å². The summed E-state index contributed by atoms with van der Waals surface area (Å²) in [5.41, 5.74) is 6.61. The zero-order valence-corrected chi connectivity index (χ0v) is 10.9. The Hall–Kier alpha value is -2.11. The van der Waals surface area contributed by atoms with Gasteiger partial charge >= 0.3 is 0 Å². The molecule has 3 N–H and O–H groups in total. The van der Waals surface area contributed by atoms with Crippen LogP contribution in [0.2, 0.25) is 0 Å². The van der Waals surface area contributed by atoms with Crippen LogP contribution in [0.3, 0.4) is 0 Å². The van der Waals surface area contributed by atoms with Crippen molar-refractivity contribution in [3.8, 4) is 0 Å². The normalized spacial score (nSPS) is 18.4. The van der Waals surface area contributed by atoms with Crippen LogP contribution in [-0.2, 0) is 4.79 Å². The summed E-state index contributed by atoms with van der Waals surface area (Å²) < 4.78 is 0. The van der Waals surface area contributed by atoms with E-state index < -0.39 is 0 Å². The zero-order chi connectivity index (χ0) is 13.8. The van der Waals surface area contributed by atoms with Gasteiger partial charge < -0.3 is 16.0 Å². The minimum absolute atomic E-state index is 0.110. The minimum Gasteiger partial charge on any atom is -0.371 e. The van der Waals surface area contributed by atoms with Gasteiger partial charge in [-0.05, 0) is 25.5 Å². The van der Waals surface area contributed by atoms with Crippen LogP contribution < -0.4 is 16.0 Å². The lowest BCUT2D eigenvalue weighted by atomic mass is 10.1. The first-order valence-electron chi connectivity index (χ1n) is 6.40. The van der Waals surface area contributed by atoms with E-state index in [0.717, 1.165) is 18.7 Å². The van der Waals surface area contributed by atoms with Crippen molar-refractivity contribution < 1.29 is 9.59 Å². The van der Waals surface area contributed by atoms with E-state index in [4.69, 9.17) is 5.73 Å². The maximum atomic E-state index is 11.7. The molecule has 0 aliphatic carbocycles. The number of nitrogens with two attached hydrogens (primary N) is 1. The molecule has 1 atom stereocenters. The highest BCUT2D eigenvalue weighted by molar-refractivity contribution is 5.93. The monoisotopic (exact) mass is 262 g/mol. The maximum absolute atomic E-state index is 11.7. The van der Waals surface area contributed by atoms with Crippen LogP contribution in [0.25, 0.3) is 0 Å². The molecule has 102 valence electrons. The van der Waals surface area contributed by atoms with E-state index in [1.54, 1.807) is 12.3 Å². The highest BCUT2D eigenvalue weighted by atomic mass is 16.2. The molecular weight excluding hydrogens is 244 g/mol. The number of rotatable bonds is 4. The average Bonchev–Trinajstić information content (AvgIpc) is 2.89. The van der Waals surface area contributed by atoms with E-state index in [1.807, 2.05) is 13.0 Å². The van der Waals surface area contributed by atoms with Crippen LogP contribution >= 0.6 is 0 Å². The number of primary amides is 1. The summed E-state index contributed by atoms with van der Waals surface area (Å²) in [4.78, 5) is 29.0. The fourth-order valence-electron chi connectivity index (χ4n) is 2.22. The molecule has 1 fully saturated rings. The van der Waals surface area contributed by atoms with Crippen LogP contribution in [0, 0.1) is 5.92 Å². The topological polar surface area (TPSA) is 88.3 Å². The van der Waals surface area contributed by atoms with Crippen LogP contribution in [0.4, 0.5) is 5.69 Å². The predicted molar refractivity (Wildman–Crippen MR) is 71.8 cm³/mol. The van der Waals surface area contributed by atoms with Crippen molar-refractivity contribution in [2.24, 2.45) is 11.7 Å². The molecule has 1 aliphatic rings. The molecule has 0 unspecified atom stereocenters. The molecule has 1 aliphatic heterocycles. The first-order valence-corrected chi connectivity index (χ1v) is 6.40. The quantitative estimate of drug-likeness (QED) is 0.808. The summed E-state index contributed by atoms with van der Waals surface area (Å²) in [6, 6.07) is 3.58. The third-order valence-electron chi connectivity index (χ3n) is 3.27. The van der Waals surface area contributed by atoms with Crippen molar-refractivity contribution >= 4 is 17.5 Å². The second-order valence-corrected chi connectivity index (χ2v) is 4.59. The van der Waals surface area contributed by atoms with E-state index in [9.17, 15) is 9.59 Å². The molecule has 1 saturated heterocycles. The van der Waals surface area contributed by atoms with Gasteiger partial charge in [-0.3, -0.25) is 14.6 Å². The van der Waals surface area contributed by atoms with Gasteiger partial charge in [0, 0.05) is 31.5 Å². The molecule has 6 heteroatoms. The van der Waals surface area contributed by atoms with Crippen LogP contribution in [0.1, 0.15) is 23.8 Å². The standard InChI is InChI=1S/C13H18N4O2/c1-2-15-13(19)11-7-10(3-5-16-11)17-6-4-9(8-17)12(14)18/h3,5,7,9H,2,4,6,8H2,1H3,(H2,14,18)(H,15,19)/t9-/m1/s1. The van der Waals surface area contributed by atoms with E-state index in [2.05, 4.69) is 15.2 Å². The van der Waals surface area contributed by atoms with Gasteiger partial charge in [0.25, 0.3) is 5.91 Å². The van der Waals surface area contributed by atoms with E-state index in [0.29, 0.717) is 18.8 Å². The van der Waals surface area contributed by atoms with Crippen LogP contribution in [0.5, 0.6) is 0 Å². The lowest BCUT2D eigenvalue weighted by molar-refractivity contribution is -0.121. The van der Waals surface area contributed by atoms with Gasteiger partial charge in [-0.2, -0.15) is 0 Å². The number of hydrogen-bond acceptors (Lipinski definition) is 4. The van der Waals surface area contributed by atoms with Crippen LogP contribution in [-0.4, -0.2) is 36.4 Å². The first kappa shape index (κ1) is 13.3. The molecule has 19 heavy (non-hydrogen) atoms. The molecule has 6 nitrogen and oxygen atoms in total. The summed E-state index contributed by atoms with van der Waals surface area (Å²) in [5, 5.41) is 2.71. The SMILES string of the molecule is CCNC(=O)c1cc(N2CC[C@@H](C(N)=O)C2)ccn1. The predicted octanol–water partition coefficient (Wildman–Crippen LogP) is 0.143. The van der Waals surface area contributed by atoms with Gasteiger partial charge in [0.15, 0.2) is 0 Å². The average molecular weight is 262 g/mol. The van der Waals surface area contributed by atoms with Crippen molar-refractivity contribution in [3.05, 3.63) is 24.0 Å². The second-order valence-electron chi connectivity index (χ2n) is 4.59. The highest BCUT2D eigenvalue weighted by Gasteiger charge is 2.27. The molecule has 0 saturated carbocycles. The van der Waals surface area contributed by atoms with Gasteiger partial charge in [-0.1, -0.05) is 0 Å². The lowest BCUT2D eigenvalue weighted by Crippen LogP contribution is -2.28. The van der Waals surface area contributed by atoms with Gasteiger partial charge in [-0.25, -0.2) is 0 Å². The first-order chi connectivity index (χ1) is 9.11. The third kappa shape index (κ3) is 3.01. The fraction of sp³-hybridized carbons (Fsp3) is 0.462. The third-order valence-corrected chi connectivity index (χ3v) is 3.27. The number of nitrogens with zero attached hydrogens (tertiary/aromatic N) is 2. The molecule has 2 amide bonds. The molecule has 0 spiro atoms. The molecule has 1 aromatic heterocycles. The van der Waals surface area contributed by atoms with E-state index in [1.165, 1.54) is 0 Å².